The van der Waals surface area contributed by atoms with Crippen molar-refractivity contribution >= 4 is 37.4 Å². The van der Waals surface area contributed by atoms with Gasteiger partial charge in [0.05, 0.1) is 0 Å². The SMILES string of the molecule is O=C(O)c1ccccc1S[As]([O-])(c1ccccc1)c1ccccc1. The van der Waals surface area contributed by atoms with Crippen molar-refractivity contribution in [3.05, 3.63) is 90.5 Å². The Bertz CT molecular complexity index is 798. The Labute approximate surface area is 146 Å². The van der Waals surface area contributed by atoms with Crippen molar-refractivity contribution in [1.29, 1.82) is 0 Å². The summed E-state index contributed by atoms with van der Waals surface area (Å²) in [4.78, 5) is 12.0. The second-order valence-electron chi connectivity index (χ2n) is 5.12. The molecule has 0 aliphatic rings. The topological polar surface area (TPSA) is 60.4 Å². The normalized spacial score (nSPS) is 11.2. The molecule has 0 amide bonds. The fraction of sp³-hybridized carbons (Fsp3) is 0. The van der Waals surface area contributed by atoms with Crippen molar-refractivity contribution in [2.24, 2.45) is 0 Å². The Morgan fingerprint density at radius 2 is 1.25 bits per heavy atom. The molecule has 0 saturated carbocycles. The van der Waals surface area contributed by atoms with Gasteiger partial charge in [0.1, 0.15) is 0 Å². The second kappa shape index (κ2) is 7.27. The molecule has 0 aliphatic carbocycles. The van der Waals surface area contributed by atoms with E-state index in [4.69, 9.17) is 0 Å². The van der Waals surface area contributed by atoms with Crippen LogP contribution in [0.15, 0.2) is 89.8 Å². The standard InChI is InChI=1S/C19H15AsO3S/c21-19(22)17-13-7-8-14-18(17)24-20(23,15-9-3-1-4-10-15)16-11-5-2-6-12-16/h1-14H,(H,21,22)/q-1. The predicted octanol–water partition coefficient (Wildman–Crippen LogP) is 2.09. The third-order valence-corrected chi connectivity index (χ3v) is 13.5. The monoisotopic (exact) mass is 398 g/mol. The van der Waals surface area contributed by atoms with E-state index in [9.17, 15) is 14.0 Å². The zero-order valence-electron chi connectivity index (χ0n) is 12.7. The molecule has 3 aromatic rings. The zero-order valence-corrected chi connectivity index (χ0v) is 15.4. The first kappa shape index (κ1) is 16.8. The van der Waals surface area contributed by atoms with Crippen LogP contribution in [0.25, 0.3) is 0 Å². The molecule has 0 heterocycles. The summed E-state index contributed by atoms with van der Waals surface area (Å²) in [6, 6.07) is 25.3. The quantitative estimate of drug-likeness (QED) is 0.669. The molecule has 0 saturated heterocycles. The van der Waals surface area contributed by atoms with Gasteiger partial charge in [0.25, 0.3) is 0 Å². The molecule has 0 unspecified atom stereocenters. The molecule has 0 bridgehead atoms. The number of carbonyl (C=O) groups is 1. The van der Waals surface area contributed by atoms with Crippen LogP contribution >= 0.6 is 10.0 Å². The van der Waals surface area contributed by atoms with Gasteiger partial charge in [-0.2, -0.15) is 0 Å². The summed E-state index contributed by atoms with van der Waals surface area (Å²) >= 11 is -3.84. The molecule has 0 fully saturated rings. The van der Waals surface area contributed by atoms with E-state index in [0.717, 1.165) is 8.70 Å². The molecular weight excluding hydrogens is 383 g/mol. The average molecular weight is 398 g/mol. The van der Waals surface area contributed by atoms with Crippen molar-refractivity contribution in [3.8, 4) is 0 Å². The Morgan fingerprint density at radius 3 is 1.75 bits per heavy atom. The van der Waals surface area contributed by atoms with Gasteiger partial charge in [-0.15, -0.1) is 0 Å². The van der Waals surface area contributed by atoms with Crippen molar-refractivity contribution in [3.63, 3.8) is 0 Å². The van der Waals surface area contributed by atoms with Gasteiger partial charge in [0, 0.05) is 0 Å². The molecule has 1 N–H and O–H groups in total. The van der Waals surface area contributed by atoms with Crippen LogP contribution in [0.1, 0.15) is 10.4 Å². The Hall–Kier alpha value is -2.00. The van der Waals surface area contributed by atoms with Gasteiger partial charge in [0.15, 0.2) is 0 Å². The first-order valence-corrected chi connectivity index (χ1v) is 13.1. The number of benzene rings is 3. The van der Waals surface area contributed by atoms with Gasteiger partial charge in [0.2, 0.25) is 0 Å². The maximum atomic E-state index is 14.0. The predicted molar refractivity (Wildman–Crippen MR) is 97.2 cm³/mol. The van der Waals surface area contributed by atoms with Crippen LogP contribution in [0.3, 0.4) is 0 Å². The molecule has 5 heteroatoms. The van der Waals surface area contributed by atoms with E-state index in [0.29, 0.717) is 4.90 Å². The van der Waals surface area contributed by atoms with Gasteiger partial charge in [-0.25, -0.2) is 0 Å². The summed E-state index contributed by atoms with van der Waals surface area (Å²) in [6.45, 7) is 0. The van der Waals surface area contributed by atoms with Gasteiger partial charge in [-0.1, -0.05) is 0 Å². The van der Waals surface area contributed by atoms with Crippen LogP contribution in [0.2, 0.25) is 0 Å². The van der Waals surface area contributed by atoms with Gasteiger partial charge in [-0.05, 0) is 0 Å². The van der Waals surface area contributed by atoms with Gasteiger partial charge in [-0.3, -0.25) is 0 Å². The van der Waals surface area contributed by atoms with Gasteiger partial charge < -0.3 is 0 Å². The number of carboxylic acid groups (broad SMARTS) is 1. The van der Waals surface area contributed by atoms with E-state index in [2.05, 4.69) is 0 Å². The zero-order chi connectivity index (χ0) is 17.0. The van der Waals surface area contributed by atoms with Crippen LogP contribution < -0.4 is 12.8 Å². The van der Waals surface area contributed by atoms with E-state index in [1.165, 1.54) is 10.0 Å². The molecule has 3 rings (SSSR count). The summed E-state index contributed by atoms with van der Waals surface area (Å²) in [5.74, 6) is -1.01. The first-order chi connectivity index (χ1) is 11.6. The molecule has 3 aromatic carbocycles. The summed E-state index contributed by atoms with van der Waals surface area (Å²) in [7, 11) is 1.19. The Kier molecular flexibility index (Phi) is 5.10. The number of hydrogen-bond acceptors (Lipinski definition) is 3. The van der Waals surface area contributed by atoms with Crippen molar-refractivity contribution in [2.75, 3.05) is 0 Å². The van der Waals surface area contributed by atoms with Crippen LogP contribution in [-0.4, -0.2) is 23.8 Å². The molecule has 1 radical (unpaired) electrons. The minimum atomic E-state index is -3.84. The van der Waals surface area contributed by atoms with Crippen LogP contribution in [0.4, 0.5) is 0 Å². The Morgan fingerprint density at radius 1 is 0.792 bits per heavy atom. The maximum absolute atomic E-state index is 14.0. The summed E-state index contributed by atoms with van der Waals surface area (Å²) in [5, 5.41) is 9.41. The molecule has 24 heavy (non-hydrogen) atoms. The third-order valence-electron chi connectivity index (χ3n) is 3.54. The third kappa shape index (κ3) is 3.41. The minimum absolute atomic E-state index is 0.177. The van der Waals surface area contributed by atoms with E-state index in [1.54, 1.807) is 24.3 Å². The van der Waals surface area contributed by atoms with E-state index < -0.39 is 18.7 Å². The molecule has 3 nitrogen and oxygen atoms in total. The van der Waals surface area contributed by atoms with Crippen LogP contribution in [0.5, 0.6) is 0 Å². The Balaban J connectivity index is 2.12. The average Bonchev–Trinajstić information content (AvgIpc) is 2.63. The number of rotatable bonds is 5. The molecular formula is C19H15AsO3S-. The fourth-order valence-electron chi connectivity index (χ4n) is 2.36. The molecule has 0 aliphatic heterocycles. The van der Waals surface area contributed by atoms with Crippen molar-refractivity contribution < 1.29 is 14.0 Å². The fourth-order valence-corrected chi connectivity index (χ4v) is 11.6. The number of carboxylic acids is 1. The molecule has 0 aromatic heterocycles. The van der Waals surface area contributed by atoms with E-state index in [1.807, 2.05) is 60.7 Å². The van der Waals surface area contributed by atoms with Crippen molar-refractivity contribution in [2.45, 2.75) is 4.90 Å². The second-order valence-corrected chi connectivity index (χ2v) is 14.0. The van der Waals surface area contributed by atoms with Gasteiger partial charge >= 0.3 is 147 Å². The molecule has 121 valence electrons. The van der Waals surface area contributed by atoms with E-state index >= 15 is 0 Å². The molecule has 0 atom stereocenters. The first-order valence-electron chi connectivity index (χ1n) is 7.34. The summed E-state index contributed by atoms with van der Waals surface area (Å²) in [5.41, 5.74) is 0.177. The van der Waals surface area contributed by atoms with Crippen LogP contribution in [-0.2, 0) is 0 Å². The summed E-state index contributed by atoms with van der Waals surface area (Å²) in [6.07, 6.45) is 0. The number of aromatic carboxylic acids is 1. The number of hydrogen-bond donors (Lipinski definition) is 1. The molecule has 0 spiro atoms. The van der Waals surface area contributed by atoms with Crippen LogP contribution in [0, 0.1) is 0 Å². The summed E-state index contributed by atoms with van der Waals surface area (Å²) < 4.78 is 15.5. The van der Waals surface area contributed by atoms with E-state index in [-0.39, 0.29) is 5.56 Å². The van der Waals surface area contributed by atoms with Crippen molar-refractivity contribution in [1.82, 2.24) is 0 Å².